The fourth-order valence-electron chi connectivity index (χ4n) is 2.13. The zero-order chi connectivity index (χ0) is 17.4. The number of thiophene rings is 1. The van der Waals surface area contributed by atoms with Crippen molar-refractivity contribution >= 4 is 40.4 Å². The van der Waals surface area contributed by atoms with E-state index in [1.165, 1.54) is 4.88 Å². The van der Waals surface area contributed by atoms with Gasteiger partial charge in [-0.05, 0) is 37.0 Å². The number of hydrogen-bond donors (Lipinski definition) is 2. The first-order chi connectivity index (χ1) is 11.5. The Bertz CT molecular complexity index is 676. The number of carbonyl (C=O) groups excluding carboxylic acids is 2. The number of anilines is 1. The summed E-state index contributed by atoms with van der Waals surface area (Å²) in [6, 6.07) is 11.1. The second-order valence-electron chi connectivity index (χ2n) is 5.38. The molecule has 0 radical (unpaired) electrons. The van der Waals surface area contributed by atoms with Gasteiger partial charge in [-0.15, -0.1) is 11.3 Å². The predicted molar refractivity (Wildman–Crippen MR) is 98.6 cm³/mol. The Balaban J connectivity index is 1.68. The lowest BCUT2D eigenvalue weighted by molar-refractivity contribution is -0.122. The molecule has 0 saturated heterocycles. The summed E-state index contributed by atoms with van der Waals surface area (Å²) in [5.74, 6) is -0.309. The van der Waals surface area contributed by atoms with Gasteiger partial charge in [-0.1, -0.05) is 29.8 Å². The highest BCUT2D eigenvalue weighted by Gasteiger charge is 2.11. The maximum atomic E-state index is 12.0. The van der Waals surface area contributed by atoms with Crippen molar-refractivity contribution in [1.29, 1.82) is 0 Å². The fourth-order valence-corrected chi connectivity index (χ4v) is 3.03. The van der Waals surface area contributed by atoms with Gasteiger partial charge in [-0.2, -0.15) is 0 Å². The van der Waals surface area contributed by atoms with E-state index in [4.69, 9.17) is 11.6 Å². The third-order valence-corrected chi connectivity index (χ3v) is 4.51. The maximum absolute atomic E-state index is 12.0. The molecule has 1 heterocycles. The molecule has 0 aliphatic rings. The Kier molecular flexibility index (Phi) is 7.24. The molecule has 0 aliphatic heterocycles. The molecule has 2 rings (SSSR count). The third-order valence-electron chi connectivity index (χ3n) is 3.25. The molecule has 7 heteroatoms. The minimum Gasteiger partial charge on any atom is -0.355 e. The number of nitrogens with zero attached hydrogens (tertiary/aromatic N) is 1. The molecule has 0 saturated carbocycles. The van der Waals surface area contributed by atoms with E-state index in [2.05, 4.69) is 10.6 Å². The van der Waals surface area contributed by atoms with E-state index in [1.807, 2.05) is 17.5 Å². The van der Waals surface area contributed by atoms with Crippen molar-refractivity contribution in [3.05, 3.63) is 51.7 Å². The van der Waals surface area contributed by atoms with Crippen LogP contribution in [-0.2, 0) is 16.0 Å². The minimum absolute atomic E-state index is 0.0976. The summed E-state index contributed by atoms with van der Waals surface area (Å²) < 4.78 is 0. The summed E-state index contributed by atoms with van der Waals surface area (Å²) in [5, 5.41) is 8.09. The molecule has 2 aromatic rings. The number of hydrogen-bond acceptors (Lipinski definition) is 4. The minimum atomic E-state index is -0.211. The highest BCUT2D eigenvalue weighted by Crippen LogP contribution is 2.20. The molecule has 0 spiro atoms. The van der Waals surface area contributed by atoms with E-state index in [0.29, 0.717) is 17.3 Å². The van der Waals surface area contributed by atoms with Crippen LogP contribution in [0.1, 0.15) is 4.88 Å². The molecule has 2 N–H and O–H groups in total. The first kappa shape index (κ1) is 18.4. The number of carbonyl (C=O) groups is 2. The van der Waals surface area contributed by atoms with Crippen LogP contribution in [0.4, 0.5) is 5.69 Å². The Morgan fingerprint density at radius 2 is 1.88 bits per heavy atom. The molecule has 0 atom stereocenters. The monoisotopic (exact) mass is 365 g/mol. The topological polar surface area (TPSA) is 61.4 Å². The zero-order valence-electron chi connectivity index (χ0n) is 13.4. The van der Waals surface area contributed by atoms with Gasteiger partial charge >= 0.3 is 0 Å². The fraction of sp³-hybridized carbons (Fsp3) is 0.294. The predicted octanol–water partition coefficient (Wildman–Crippen LogP) is 2.63. The normalized spacial score (nSPS) is 10.6. The number of nitrogens with one attached hydrogen (secondary N) is 2. The van der Waals surface area contributed by atoms with E-state index in [1.54, 1.807) is 47.5 Å². The summed E-state index contributed by atoms with van der Waals surface area (Å²) in [4.78, 5) is 26.8. The van der Waals surface area contributed by atoms with Crippen LogP contribution in [0.3, 0.4) is 0 Å². The van der Waals surface area contributed by atoms with E-state index < -0.39 is 0 Å². The SMILES string of the molecule is CN(CC(=O)NCCc1cccs1)CC(=O)Nc1ccccc1Cl. The first-order valence-corrected chi connectivity index (χ1v) is 8.82. The van der Waals surface area contributed by atoms with E-state index in [-0.39, 0.29) is 24.9 Å². The van der Waals surface area contributed by atoms with Crippen LogP contribution < -0.4 is 10.6 Å². The van der Waals surface area contributed by atoms with E-state index in [9.17, 15) is 9.59 Å². The number of rotatable bonds is 8. The molecule has 128 valence electrons. The van der Waals surface area contributed by atoms with Crippen molar-refractivity contribution in [2.75, 3.05) is 32.0 Å². The maximum Gasteiger partial charge on any atom is 0.238 e. The molecule has 0 aliphatic carbocycles. The molecule has 0 unspecified atom stereocenters. The van der Waals surface area contributed by atoms with Gasteiger partial charge in [-0.3, -0.25) is 14.5 Å². The standard InChI is InChI=1S/C17H20ClN3O2S/c1-21(11-16(22)19-9-8-13-5-4-10-24-13)12-17(23)20-15-7-3-2-6-14(15)18/h2-7,10H,8-9,11-12H2,1H3,(H,19,22)(H,20,23). The summed E-state index contributed by atoms with van der Waals surface area (Å²) in [6.07, 6.45) is 0.820. The van der Waals surface area contributed by atoms with Gasteiger partial charge in [0.15, 0.2) is 0 Å². The Morgan fingerprint density at radius 1 is 1.12 bits per heavy atom. The van der Waals surface area contributed by atoms with Crippen molar-refractivity contribution < 1.29 is 9.59 Å². The van der Waals surface area contributed by atoms with Crippen LogP contribution in [0, 0.1) is 0 Å². The number of para-hydroxylation sites is 1. The van der Waals surface area contributed by atoms with Gasteiger partial charge in [0.05, 0.1) is 23.8 Å². The highest BCUT2D eigenvalue weighted by molar-refractivity contribution is 7.09. The summed E-state index contributed by atoms with van der Waals surface area (Å²) in [5.41, 5.74) is 0.568. The lowest BCUT2D eigenvalue weighted by atomic mass is 10.3. The Hall–Kier alpha value is -1.89. The van der Waals surface area contributed by atoms with Crippen molar-refractivity contribution in [2.24, 2.45) is 0 Å². The van der Waals surface area contributed by atoms with Gasteiger partial charge < -0.3 is 10.6 Å². The summed E-state index contributed by atoms with van der Waals surface area (Å²) in [6.45, 7) is 0.878. The summed E-state index contributed by atoms with van der Waals surface area (Å²) >= 11 is 7.67. The van der Waals surface area contributed by atoms with Crippen LogP contribution >= 0.6 is 22.9 Å². The van der Waals surface area contributed by atoms with Crippen LogP contribution in [0.25, 0.3) is 0 Å². The third kappa shape index (κ3) is 6.31. The van der Waals surface area contributed by atoms with Crippen LogP contribution in [0.15, 0.2) is 41.8 Å². The second-order valence-corrected chi connectivity index (χ2v) is 6.82. The van der Waals surface area contributed by atoms with Crippen molar-refractivity contribution in [1.82, 2.24) is 10.2 Å². The molecule has 0 fully saturated rings. The van der Waals surface area contributed by atoms with E-state index >= 15 is 0 Å². The number of halogens is 1. The largest absolute Gasteiger partial charge is 0.355 e. The quantitative estimate of drug-likeness (QED) is 0.756. The molecule has 24 heavy (non-hydrogen) atoms. The summed E-state index contributed by atoms with van der Waals surface area (Å²) in [7, 11) is 1.73. The van der Waals surface area contributed by atoms with Crippen molar-refractivity contribution in [2.45, 2.75) is 6.42 Å². The molecule has 0 bridgehead atoms. The molecular weight excluding hydrogens is 346 g/mol. The lowest BCUT2D eigenvalue weighted by Crippen LogP contribution is -2.39. The van der Waals surface area contributed by atoms with Crippen LogP contribution in [0.2, 0.25) is 5.02 Å². The van der Waals surface area contributed by atoms with Gasteiger partial charge in [0.2, 0.25) is 11.8 Å². The molecule has 5 nitrogen and oxygen atoms in total. The van der Waals surface area contributed by atoms with Gasteiger partial charge in [-0.25, -0.2) is 0 Å². The Morgan fingerprint density at radius 3 is 2.58 bits per heavy atom. The van der Waals surface area contributed by atoms with Gasteiger partial charge in [0, 0.05) is 11.4 Å². The first-order valence-electron chi connectivity index (χ1n) is 7.56. The highest BCUT2D eigenvalue weighted by atomic mass is 35.5. The average Bonchev–Trinajstić information content (AvgIpc) is 3.02. The van der Waals surface area contributed by atoms with Crippen molar-refractivity contribution in [3.63, 3.8) is 0 Å². The Labute approximate surface area is 150 Å². The number of amides is 2. The number of benzene rings is 1. The molecule has 1 aromatic carbocycles. The van der Waals surface area contributed by atoms with Crippen LogP contribution in [0.5, 0.6) is 0 Å². The van der Waals surface area contributed by atoms with Crippen LogP contribution in [-0.4, -0.2) is 43.4 Å². The zero-order valence-corrected chi connectivity index (χ0v) is 15.0. The van der Waals surface area contributed by atoms with E-state index in [0.717, 1.165) is 6.42 Å². The molecule has 1 aromatic heterocycles. The average molecular weight is 366 g/mol. The smallest absolute Gasteiger partial charge is 0.238 e. The van der Waals surface area contributed by atoms with Crippen molar-refractivity contribution in [3.8, 4) is 0 Å². The van der Waals surface area contributed by atoms with Gasteiger partial charge in [0.1, 0.15) is 0 Å². The van der Waals surface area contributed by atoms with Gasteiger partial charge in [0.25, 0.3) is 0 Å². The molecule has 2 amide bonds. The second kappa shape index (κ2) is 9.42. The number of likely N-dealkylation sites (N-methyl/N-ethyl adjacent to an activating group) is 1. The molecular formula is C17H20ClN3O2S. The lowest BCUT2D eigenvalue weighted by Gasteiger charge is -2.16.